The van der Waals surface area contributed by atoms with E-state index < -0.39 is 0 Å². The number of benzene rings is 1. The minimum Gasteiger partial charge on any atom is -0.373 e. The van der Waals surface area contributed by atoms with Crippen LogP contribution in [-0.2, 0) is 9.53 Å². The fraction of sp³-hybridized carbons (Fsp3) is 0.435. The van der Waals surface area contributed by atoms with Crippen molar-refractivity contribution >= 4 is 17.4 Å². The average Bonchev–Trinajstić information content (AvgIpc) is 3.12. The lowest BCUT2D eigenvalue weighted by molar-refractivity contribution is -0.130. The quantitative estimate of drug-likeness (QED) is 0.701. The van der Waals surface area contributed by atoms with E-state index in [0.29, 0.717) is 5.78 Å². The van der Waals surface area contributed by atoms with Gasteiger partial charge in [0.25, 0.3) is 0 Å². The van der Waals surface area contributed by atoms with Crippen LogP contribution >= 0.6 is 0 Å². The van der Waals surface area contributed by atoms with Gasteiger partial charge >= 0.3 is 0 Å². The Hall–Kier alpha value is -2.77. The fourth-order valence-corrected chi connectivity index (χ4v) is 4.24. The summed E-state index contributed by atoms with van der Waals surface area (Å²) in [5.74, 6) is 0.891. The summed E-state index contributed by atoms with van der Waals surface area (Å²) >= 11 is 0. The molecule has 0 bridgehead atoms. The number of imidazole rings is 1. The maximum atomic E-state index is 13.1. The lowest BCUT2D eigenvalue weighted by Crippen LogP contribution is -2.55. The van der Waals surface area contributed by atoms with Crippen LogP contribution in [0.3, 0.4) is 0 Å². The summed E-state index contributed by atoms with van der Waals surface area (Å²) in [6.07, 6.45) is 5.86. The van der Waals surface area contributed by atoms with Crippen molar-refractivity contribution in [1.29, 1.82) is 0 Å². The lowest BCUT2D eigenvalue weighted by atomic mass is 9.99. The van der Waals surface area contributed by atoms with Crippen molar-refractivity contribution in [2.45, 2.75) is 45.9 Å². The number of amides is 1. The van der Waals surface area contributed by atoms with Crippen molar-refractivity contribution in [2.24, 2.45) is 5.92 Å². The third-order valence-corrected chi connectivity index (χ3v) is 5.43. The molecule has 0 radical (unpaired) electrons. The normalized spacial score (nSPS) is 21.1. The minimum absolute atomic E-state index is 0.0241. The summed E-state index contributed by atoms with van der Waals surface area (Å²) in [5.41, 5.74) is 2.61. The van der Waals surface area contributed by atoms with Crippen molar-refractivity contribution in [2.75, 3.05) is 18.4 Å². The van der Waals surface area contributed by atoms with Crippen LogP contribution in [0, 0.1) is 5.92 Å². The zero-order valence-electron chi connectivity index (χ0n) is 17.9. The molecule has 30 heavy (non-hydrogen) atoms. The van der Waals surface area contributed by atoms with E-state index in [1.165, 1.54) is 0 Å². The molecular weight excluding hydrogens is 378 g/mol. The van der Waals surface area contributed by atoms with Gasteiger partial charge in [-0.15, -0.1) is 0 Å². The molecule has 0 spiro atoms. The van der Waals surface area contributed by atoms with Crippen LogP contribution in [0.25, 0.3) is 17.0 Å². The highest BCUT2D eigenvalue weighted by molar-refractivity contribution is 5.95. The molecule has 1 aliphatic heterocycles. The molecule has 3 unspecified atom stereocenters. The molecule has 1 aromatic carbocycles. The van der Waals surface area contributed by atoms with Gasteiger partial charge in [0.15, 0.2) is 0 Å². The molecule has 7 heteroatoms. The first kappa shape index (κ1) is 20.5. The maximum absolute atomic E-state index is 13.1. The number of nitrogens with zero attached hydrogens (tertiary/aromatic N) is 4. The van der Waals surface area contributed by atoms with Gasteiger partial charge in [-0.25, -0.2) is 9.97 Å². The van der Waals surface area contributed by atoms with Gasteiger partial charge in [0.1, 0.15) is 0 Å². The van der Waals surface area contributed by atoms with Crippen molar-refractivity contribution < 1.29 is 9.53 Å². The Bertz CT molecular complexity index is 971. The second-order valence-electron chi connectivity index (χ2n) is 8.42. The summed E-state index contributed by atoms with van der Waals surface area (Å²) < 4.78 is 7.73. The number of aromatic nitrogens is 3. The zero-order chi connectivity index (χ0) is 21.3. The average molecular weight is 408 g/mol. The number of carbonyl (C=O) groups is 1. The number of morpholine rings is 1. The molecule has 0 aliphatic carbocycles. The topological polar surface area (TPSA) is 71.8 Å². The molecular formula is C23H29N5O2. The van der Waals surface area contributed by atoms with E-state index in [0.717, 1.165) is 30.0 Å². The first-order valence-corrected chi connectivity index (χ1v) is 10.5. The van der Waals surface area contributed by atoms with Crippen LogP contribution in [0.15, 0.2) is 48.9 Å². The standard InChI is InChI=1S/C23H29N5O2/c1-15(2)21(28-12-16(3)30-17(4)13-28)22(29)25-19-8-6-18(7-9-19)20-14-27-11-5-10-24-23(27)26-20/h5-11,14-17,21H,12-13H2,1-4H3,(H,25,29). The molecule has 3 aromatic rings. The van der Waals surface area contributed by atoms with Crippen molar-refractivity contribution in [1.82, 2.24) is 19.3 Å². The number of fused-ring (bicyclic) bond motifs is 1. The van der Waals surface area contributed by atoms with Gasteiger partial charge in [0, 0.05) is 42.9 Å². The molecule has 1 aliphatic rings. The van der Waals surface area contributed by atoms with Crippen LogP contribution in [0.1, 0.15) is 27.7 Å². The molecule has 3 atom stereocenters. The number of anilines is 1. The van der Waals surface area contributed by atoms with Gasteiger partial charge in [-0.2, -0.15) is 0 Å². The van der Waals surface area contributed by atoms with Crippen molar-refractivity contribution in [3.05, 3.63) is 48.9 Å². The van der Waals surface area contributed by atoms with E-state index in [2.05, 4.69) is 47.9 Å². The van der Waals surface area contributed by atoms with Crippen LogP contribution in [-0.4, -0.2) is 56.5 Å². The highest BCUT2D eigenvalue weighted by atomic mass is 16.5. The molecule has 4 rings (SSSR count). The molecule has 1 fully saturated rings. The molecule has 1 N–H and O–H groups in total. The Morgan fingerprint density at radius 3 is 2.50 bits per heavy atom. The second-order valence-corrected chi connectivity index (χ2v) is 8.42. The first-order chi connectivity index (χ1) is 14.4. The molecule has 2 aromatic heterocycles. The van der Waals surface area contributed by atoms with E-state index >= 15 is 0 Å². The Morgan fingerprint density at radius 1 is 1.17 bits per heavy atom. The smallest absolute Gasteiger partial charge is 0.241 e. The van der Waals surface area contributed by atoms with Gasteiger partial charge in [-0.3, -0.25) is 14.1 Å². The van der Waals surface area contributed by atoms with Gasteiger partial charge in [-0.1, -0.05) is 26.0 Å². The number of nitrogens with one attached hydrogen (secondary N) is 1. The summed E-state index contributed by atoms with van der Waals surface area (Å²) in [6.45, 7) is 9.84. The third kappa shape index (κ3) is 4.37. The molecule has 0 saturated carbocycles. The van der Waals surface area contributed by atoms with Gasteiger partial charge in [0.2, 0.25) is 11.7 Å². The third-order valence-electron chi connectivity index (χ3n) is 5.43. The SMILES string of the molecule is CC1CN(C(C(=O)Nc2ccc(-c3cn4cccnc4n3)cc2)C(C)C)CC(C)O1. The van der Waals surface area contributed by atoms with Crippen molar-refractivity contribution in [3.63, 3.8) is 0 Å². The van der Waals surface area contributed by atoms with E-state index in [9.17, 15) is 4.79 Å². The van der Waals surface area contributed by atoms with Crippen LogP contribution in [0.5, 0.6) is 0 Å². The predicted molar refractivity (Wildman–Crippen MR) is 117 cm³/mol. The monoisotopic (exact) mass is 407 g/mol. The van der Waals surface area contributed by atoms with E-state index in [1.807, 2.05) is 47.1 Å². The number of hydrogen-bond donors (Lipinski definition) is 1. The Morgan fingerprint density at radius 2 is 1.87 bits per heavy atom. The number of hydrogen-bond acceptors (Lipinski definition) is 5. The summed E-state index contributed by atoms with van der Waals surface area (Å²) in [4.78, 5) is 24.2. The van der Waals surface area contributed by atoms with Crippen LogP contribution in [0.2, 0.25) is 0 Å². The Labute approximate surface area is 177 Å². The molecule has 3 heterocycles. The van der Waals surface area contributed by atoms with Gasteiger partial charge in [-0.05, 0) is 38.0 Å². The molecule has 1 saturated heterocycles. The van der Waals surface area contributed by atoms with E-state index in [-0.39, 0.29) is 30.1 Å². The highest BCUT2D eigenvalue weighted by Crippen LogP contribution is 2.23. The number of rotatable bonds is 5. The highest BCUT2D eigenvalue weighted by Gasteiger charge is 2.34. The van der Waals surface area contributed by atoms with Gasteiger partial charge < -0.3 is 10.1 Å². The van der Waals surface area contributed by atoms with Crippen LogP contribution < -0.4 is 5.32 Å². The van der Waals surface area contributed by atoms with Gasteiger partial charge in [0.05, 0.1) is 23.9 Å². The molecule has 1 amide bonds. The van der Waals surface area contributed by atoms with E-state index in [4.69, 9.17) is 4.74 Å². The number of carbonyl (C=O) groups excluding carboxylic acids is 1. The molecule has 158 valence electrons. The van der Waals surface area contributed by atoms with E-state index in [1.54, 1.807) is 6.20 Å². The summed E-state index contributed by atoms with van der Waals surface area (Å²) in [6, 6.07) is 9.47. The zero-order valence-corrected chi connectivity index (χ0v) is 17.9. The first-order valence-electron chi connectivity index (χ1n) is 10.5. The largest absolute Gasteiger partial charge is 0.373 e. The lowest BCUT2D eigenvalue weighted by Gasteiger charge is -2.41. The Balaban J connectivity index is 1.48. The summed E-state index contributed by atoms with van der Waals surface area (Å²) in [5, 5.41) is 3.10. The molecule has 7 nitrogen and oxygen atoms in total. The Kier molecular flexibility index (Phi) is 5.83. The van der Waals surface area contributed by atoms with Crippen LogP contribution in [0.4, 0.5) is 5.69 Å². The van der Waals surface area contributed by atoms with Crippen molar-refractivity contribution in [3.8, 4) is 11.3 Å². The fourth-order valence-electron chi connectivity index (χ4n) is 4.24. The maximum Gasteiger partial charge on any atom is 0.241 e. The minimum atomic E-state index is -0.192. The second kappa shape index (κ2) is 8.53. The predicted octanol–water partition coefficient (Wildman–Crippen LogP) is 3.47. The number of ether oxygens (including phenoxy) is 1. The summed E-state index contributed by atoms with van der Waals surface area (Å²) in [7, 11) is 0.